The molecule has 1 aromatic rings. The zero-order valence-corrected chi connectivity index (χ0v) is 11.1. The molecular weight excluding hydrogens is 250 g/mol. The largest absolute Gasteiger partial charge is 0.397 e. The highest BCUT2D eigenvalue weighted by Gasteiger charge is 2.26. The Balaban J connectivity index is 2.36. The van der Waals surface area contributed by atoms with Crippen molar-refractivity contribution in [1.29, 1.82) is 0 Å². The molecule has 0 atom stereocenters. The summed E-state index contributed by atoms with van der Waals surface area (Å²) in [6.07, 6.45) is 3.71. The van der Waals surface area contributed by atoms with Crippen molar-refractivity contribution in [2.45, 2.75) is 38.6 Å². The zero-order valence-electron chi connectivity index (χ0n) is 10.3. The number of nitrogens with one attached hydrogen (secondary N) is 1. The SMILES string of the molecule is CCC(=O)c1sc(NC2CCC2)c(C(N)=O)c1N. The number of carbonyl (C=O) groups excluding carboxylic acids is 2. The number of thiophene rings is 1. The predicted octanol–water partition coefficient (Wildman–Crippen LogP) is 1.99. The van der Waals surface area contributed by atoms with Crippen LogP contribution in [0.4, 0.5) is 10.7 Å². The van der Waals surface area contributed by atoms with Gasteiger partial charge in [0.25, 0.3) is 5.91 Å². The molecule has 1 aromatic heterocycles. The smallest absolute Gasteiger partial charge is 0.253 e. The Morgan fingerprint density at radius 3 is 2.56 bits per heavy atom. The van der Waals surface area contributed by atoms with Crippen LogP contribution in [0.2, 0.25) is 0 Å². The Labute approximate surface area is 110 Å². The summed E-state index contributed by atoms with van der Waals surface area (Å²) in [6.45, 7) is 1.77. The van der Waals surface area contributed by atoms with Gasteiger partial charge < -0.3 is 16.8 Å². The lowest BCUT2D eigenvalue weighted by Gasteiger charge is -2.27. The van der Waals surface area contributed by atoms with E-state index in [1.165, 1.54) is 17.8 Å². The van der Waals surface area contributed by atoms with Crippen LogP contribution in [0.15, 0.2) is 0 Å². The van der Waals surface area contributed by atoms with Crippen LogP contribution in [0.3, 0.4) is 0 Å². The van der Waals surface area contributed by atoms with Gasteiger partial charge in [-0.3, -0.25) is 9.59 Å². The van der Waals surface area contributed by atoms with Crippen LogP contribution in [0, 0.1) is 0 Å². The fraction of sp³-hybridized carbons (Fsp3) is 0.500. The molecule has 1 fully saturated rings. The van der Waals surface area contributed by atoms with Gasteiger partial charge in [-0.05, 0) is 19.3 Å². The number of hydrogen-bond donors (Lipinski definition) is 3. The van der Waals surface area contributed by atoms with E-state index in [2.05, 4.69) is 5.32 Å². The molecule has 18 heavy (non-hydrogen) atoms. The van der Waals surface area contributed by atoms with E-state index in [1.54, 1.807) is 6.92 Å². The van der Waals surface area contributed by atoms with Crippen LogP contribution in [-0.4, -0.2) is 17.7 Å². The fourth-order valence-electron chi connectivity index (χ4n) is 1.90. The summed E-state index contributed by atoms with van der Waals surface area (Å²) >= 11 is 1.24. The highest BCUT2D eigenvalue weighted by molar-refractivity contribution is 7.19. The van der Waals surface area contributed by atoms with Gasteiger partial charge in [-0.2, -0.15) is 0 Å². The maximum absolute atomic E-state index is 11.7. The molecule has 6 heteroatoms. The lowest BCUT2D eigenvalue weighted by atomic mass is 9.93. The number of hydrogen-bond acceptors (Lipinski definition) is 5. The number of Topliss-reactive ketones (excluding diaryl/α,β-unsaturated/α-hetero) is 1. The first kappa shape index (κ1) is 12.9. The van der Waals surface area contributed by atoms with Crippen LogP contribution >= 0.6 is 11.3 Å². The summed E-state index contributed by atoms with van der Waals surface area (Å²) in [4.78, 5) is 23.6. The lowest BCUT2D eigenvalue weighted by Crippen LogP contribution is -2.27. The van der Waals surface area contributed by atoms with Crippen molar-refractivity contribution in [3.05, 3.63) is 10.4 Å². The van der Waals surface area contributed by atoms with Crippen LogP contribution < -0.4 is 16.8 Å². The van der Waals surface area contributed by atoms with Crippen molar-refractivity contribution < 1.29 is 9.59 Å². The topological polar surface area (TPSA) is 98.2 Å². The van der Waals surface area contributed by atoms with Gasteiger partial charge in [0.15, 0.2) is 5.78 Å². The van der Waals surface area contributed by atoms with Crippen LogP contribution in [0.5, 0.6) is 0 Å². The van der Waals surface area contributed by atoms with Crippen molar-refractivity contribution in [3.63, 3.8) is 0 Å². The molecule has 0 aromatic carbocycles. The van der Waals surface area contributed by atoms with E-state index >= 15 is 0 Å². The lowest BCUT2D eigenvalue weighted by molar-refractivity contribution is 0.0991. The van der Waals surface area contributed by atoms with Crippen molar-refractivity contribution in [3.8, 4) is 0 Å². The monoisotopic (exact) mass is 267 g/mol. The average molecular weight is 267 g/mol. The van der Waals surface area contributed by atoms with Gasteiger partial charge in [-0.25, -0.2) is 0 Å². The summed E-state index contributed by atoms with van der Waals surface area (Å²) in [5.74, 6) is -0.637. The Morgan fingerprint density at radius 1 is 1.44 bits per heavy atom. The van der Waals surface area contributed by atoms with E-state index < -0.39 is 5.91 Å². The number of anilines is 2. The van der Waals surface area contributed by atoms with Gasteiger partial charge in [-0.1, -0.05) is 6.92 Å². The maximum Gasteiger partial charge on any atom is 0.253 e. The second-order valence-electron chi connectivity index (χ2n) is 4.46. The van der Waals surface area contributed by atoms with E-state index in [-0.39, 0.29) is 17.0 Å². The Bertz CT molecular complexity index is 492. The van der Waals surface area contributed by atoms with Gasteiger partial charge in [-0.15, -0.1) is 11.3 Å². The molecule has 0 radical (unpaired) electrons. The summed E-state index contributed by atoms with van der Waals surface area (Å²) < 4.78 is 0. The molecule has 0 saturated heterocycles. The van der Waals surface area contributed by atoms with E-state index in [0.29, 0.717) is 22.3 Å². The standard InChI is InChI=1S/C12H17N3O2S/c1-2-7(16)10-9(13)8(11(14)17)12(18-10)15-6-4-3-5-6/h6,15H,2-5,13H2,1H3,(H2,14,17). The summed E-state index contributed by atoms with van der Waals surface area (Å²) in [5.41, 5.74) is 11.7. The third-order valence-corrected chi connectivity index (χ3v) is 4.38. The Hall–Kier alpha value is -1.56. The van der Waals surface area contributed by atoms with E-state index in [4.69, 9.17) is 11.5 Å². The molecule has 0 unspecified atom stereocenters. The maximum atomic E-state index is 11.7. The second-order valence-corrected chi connectivity index (χ2v) is 5.48. The number of ketones is 1. The van der Waals surface area contributed by atoms with Gasteiger partial charge in [0.2, 0.25) is 0 Å². The number of carbonyl (C=O) groups is 2. The fourth-order valence-corrected chi connectivity index (χ4v) is 3.11. The van der Waals surface area contributed by atoms with Crippen molar-refractivity contribution >= 4 is 33.7 Å². The molecule has 5 N–H and O–H groups in total. The van der Waals surface area contributed by atoms with Crippen LogP contribution in [-0.2, 0) is 0 Å². The van der Waals surface area contributed by atoms with E-state index in [9.17, 15) is 9.59 Å². The van der Waals surface area contributed by atoms with Crippen LogP contribution in [0.25, 0.3) is 0 Å². The number of rotatable bonds is 5. The molecule has 98 valence electrons. The summed E-state index contributed by atoms with van der Waals surface area (Å²) in [5, 5.41) is 3.89. The second kappa shape index (κ2) is 4.97. The van der Waals surface area contributed by atoms with Gasteiger partial charge in [0.05, 0.1) is 16.1 Å². The Kier molecular flexibility index (Phi) is 3.56. The molecule has 1 heterocycles. The number of amides is 1. The number of primary amides is 1. The first-order valence-corrected chi connectivity index (χ1v) is 6.88. The molecule has 1 aliphatic rings. The molecule has 0 spiro atoms. The average Bonchev–Trinajstić information content (AvgIpc) is 2.60. The minimum Gasteiger partial charge on any atom is -0.397 e. The third-order valence-electron chi connectivity index (χ3n) is 3.21. The molecule has 1 saturated carbocycles. The summed E-state index contributed by atoms with van der Waals surface area (Å²) in [6, 6.07) is 0.366. The molecule has 1 aliphatic carbocycles. The highest BCUT2D eigenvalue weighted by Crippen LogP contribution is 2.38. The normalized spacial score (nSPS) is 15.2. The van der Waals surface area contributed by atoms with Gasteiger partial charge in [0.1, 0.15) is 5.00 Å². The third kappa shape index (κ3) is 2.20. The van der Waals surface area contributed by atoms with Crippen LogP contribution in [0.1, 0.15) is 52.6 Å². The molecular formula is C12H17N3O2S. The van der Waals surface area contributed by atoms with Crippen molar-refractivity contribution in [2.24, 2.45) is 5.73 Å². The molecule has 2 rings (SSSR count). The van der Waals surface area contributed by atoms with E-state index in [1.807, 2.05) is 0 Å². The predicted molar refractivity (Wildman–Crippen MR) is 73.1 cm³/mol. The molecule has 0 bridgehead atoms. The first-order chi connectivity index (χ1) is 8.54. The van der Waals surface area contributed by atoms with E-state index in [0.717, 1.165) is 12.8 Å². The highest BCUT2D eigenvalue weighted by atomic mass is 32.1. The Morgan fingerprint density at radius 2 is 2.11 bits per heavy atom. The van der Waals surface area contributed by atoms with Gasteiger partial charge >= 0.3 is 0 Å². The first-order valence-electron chi connectivity index (χ1n) is 6.06. The van der Waals surface area contributed by atoms with Crippen molar-refractivity contribution in [2.75, 3.05) is 11.1 Å². The number of nitrogen functional groups attached to an aromatic ring is 1. The minimum atomic E-state index is -0.583. The molecule has 1 amide bonds. The quantitative estimate of drug-likeness (QED) is 0.710. The molecule has 0 aliphatic heterocycles. The summed E-state index contributed by atoms with van der Waals surface area (Å²) in [7, 11) is 0. The van der Waals surface area contributed by atoms with Gasteiger partial charge in [0, 0.05) is 12.5 Å². The zero-order chi connectivity index (χ0) is 13.3. The van der Waals surface area contributed by atoms with Crippen molar-refractivity contribution in [1.82, 2.24) is 0 Å². The number of nitrogens with two attached hydrogens (primary N) is 2. The minimum absolute atomic E-state index is 0.0540. The molecule has 5 nitrogen and oxygen atoms in total.